The molecular weight excluding hydrogens is 359 g/mol. The predicted molar refractivity (Wildman–Crippen MR) is 95.4 cm³/mol. The van der Waals surface area contributed by atoms with Crippen LogP contribution in [-0.2, 0) is 21.2 Å². The van der Waals surface area contributed by atoms with E-state index in [1.807, 2.05) is 6.92 Å². The number of nitrogens with one attached hydrogen (secondary N) is 1. The Balaban J connectivity index is 1.73. The maximum Gasteiger partial charge on any atom is 0.227 e. The van der Waals surface area contributed by atoms with Crippen molar-refractivity contribution in [2.75, 3.05) is 32.4 Å². The number of rotatable bonds is 4. The number of sulfonamides is 1. The minimum Gasteiger partial charge on any atom is -0.340 e. The Morgan fingerprint density at radius 2 is 1.81 bits per heavy atom. The number of carbonyl (C=O) groups excluding carboxylic acids is 1. The Hall–Kier alpha value is -2.26. The zero-order chi connectivity index (χ0) is 18.9. The second-order valence-corrected chi connectivity index (χ2v) is 8.38. The van der Waals surface area contributed by atoms with Crippen LogP contribution in [0.2, 0.25) is 0 Å². The van der Waals surface area contributed by atoms with Crippen LogP contribution in [0.4, 0.5) is 4.39 Å². The maximum atomic E-state index is 13.1. The van der Waals surface area contributed by atoms with Crippen molar-refractivity contribution in [3.05, 3.63) is 41.3 Å². The lowest BCUT2D eigenvalue weighted by molar-refractivity contribution is -0.131. The van der Waals surface area contributed by atoms with Crippen molar-refractivity contribution < 1.29 is 17.6 Å². The number of nitrogens with zero attached hydrogens (tertiary/aromatic N) is 3. The summed E-state index contributed by atoms with van der Waals surface area (Å²) in [5.41, 5.74) is 2.92. The summed E-state index contributed by atoms with van der Waals surface area (Å²) in [4.78, 5) is 14.3. The average Bonchev–Trinajstić information content (AvgIpc) is 2.96. The van der Waals surface area contributed by atoms with E-state index in [9.17, 15) is 17.6 Å². The van der Waals surface area contributed by atoms with Gasteiger partial charge in [-0.1, -0.05) is 0 Å². The first-order valence-electron chi connectivity index (χ1n) is 8.28. The van der Waals surface area contributed by atoms with E-state index < -0.39 is 10.0 Å². The van der Waals surface area contributed by atoms with Gasteiger partial charge in [0.1, 0.15) is 5.82 Å². The van der Waals surface area contributed by atoms with Gasteiger partial charge in [-0.2, -0.15) is 9.40 Å². The molecule has 2 heterocycles. The van der Waals surface area contributed by atoms with E-state index in [1.165, 1.54) is 22.7 Å². The number of halogens is 1. The third-order valence-electron chi connectivity index (χ3n) is 4.58. The monoisotopic (exact) mass is 380 g/mol. The Bertz CT molecular complexity index is 901. The highest BCUT2D eigenvalue weighted by Crippen LogP contribution is 2.25. The van der Waals surface area contributed by atoms with Gasteiger partial charge in [0.05, 0.1) is 18.4 Å². The van der Waals surface area contributed by atoms with E-state index >= 15 is 0 Å². The third kappa shape index (κ3) is 3.94. The zero-order valence-electron chi connectivity index (χ0n) is 14.7. The molecule has 0 bridgehead atoms. The van der Waals surface area contributed by atoms with Crippen molar-refractivity contribution in [1.82, 2.24) is 19.4 Å². The van der Waals surface area contributed by atoms with Gasteiger partial charge in [0.2, 0.25) is 15.9 Å². The van der Waals surface area contributed by atoms with Crippen LogP contribution < -0.4 is 0 Å². The van der Waals surface area contributed by atoms with Crippen LogP contribution in [0, 0.1) is 12.7 Å². The van der Waals surface area contributed by atoms with Gasteiger partial charge in [-0.15, -0.1) is 0 Å². The molecule has 3 rings (SSSR count). The molecule has 1 aliphatic rings. The van der Waals surface area contributed by atoms with Crippen molar-refractivity contribution in [1.29, 1.82) is 0 Å². The highest BCUT2D eigenvalue weighted by atomic mass is 32.2. The normalized spacial score (nSPS) is 16.0. The Labute approximate surface area is 151 Å². The summed E-state index contributed by atoms with van der Waals surface area (Å²) in [6.07, 6.45) is 1.34. The Kier molecular flexibility index (Phi) is 5.10. The molecule has 0 saturated carbocycles. The Morgan fingerprint density at radius 3 is 2.38 bits per heavy atom. The molecule has 0 radical (unpaired) electrons. The summed E-state index contributed by atoms with van der Waals surface area (Å²) in [7, 11) is -3.23. The first kappa shape index (κ1) is 18.5. The number of carbonyl (C=O) groups is 1. The molecule has 0 aliphatic carbocycles. The van der Waals surface area contributed by atoms with Gasteiger partial charge in [0, 0.05) is 43.0 Å². The predicted octanol–water partition coefficient (Wildman–Crippen LogP) is 1.17. The van der Waals surface area contributed by atoms with Crippen molar-refractivity contribution in [3.63, 3.8) is 0 Å². The minimum absolute atomic E-state index is 0.0778. The summed E-state index contributed by atoms with van der Waals surface area (Å²) >= 11 is 0. The molecule has 0 spiro atoms. The number of aromatic nitrogens is 2. The van der Waals surface area contributed by atoms with E-state index in [0.717, 1.165) is 16.8 Å². The zero-order valence-corrected chi connectivity index (χ0v) is 15.5. The van der Waals surface area contributed by atoms with Crippen molar-refractivity contribution >= 4 is 15.9 Å². The van der Waals surface area contributed by atoms with Crippen LogP contribution in [0.15, 0.2) is 24.3 Å². The van der Waals surface area contributed by atoms with E-state index in [2.05, 4.69) is 10.2 Å². The minimum atomic E-state index is -3.23. The second-order valence-electron chi connectivity index (χ2n) is 6.40. The van der Waals surface area contributed by atoms with Crippen LogP contribution in [-0.4, -0.2) is 66.2 Å². The molecule has 2 aromatic rings. The molecule has 9 heteroatoms. The summed E-state index contributed by atoms with van der Waals surface area (Å²) in [6.45, 7) is 3.19. The molecular formula is C17H21FN4O3S. The fraction of sp³-hybridized carbons (Fsp3) is 0.412. The molecule has 1 aromatic carbocycles. The number of aryl methyl sites for hydroxylation is 1. The number of aromatic amines is 1. The molecule has 7 nitrogen and oxygen atoms in total. The van der Waals surface area contributed by atoms with Crippen LogP contribution in [0.3, 0.4) is 0 Å². The first-order chi connectivity index (χ1) is 12.3. The SMILES string of the molecule is Cc1[nH]nc(-c2ccc(F)cc2)c1CC(=O)N1CCN(S(C)(=O)=O)CC1. The fourth-order valence-electron chi connectivity index (χ4n) is 3.05. The van der Waals surface area contributed by atoms with Gasteiger partial charge >= 0.3 is 0 Å². The highest BCUT2D eigenvalue weighted by molar-refractivity contribution is 7.88. The summed E-state index contributed by atoms with van der Waals surface area (Å²) in [5.74, 6) is -0.409. The number of piperazine rings is 1. The molecule has 1 fully saturated rings. The molecule has 1 aliphatic heterocycles. The lowest BCUT2D eigenvalue weighted by atomic mass is 10.0. The quantitative estimate of drug-likeness (QED) is 0.863. The summed E-state index contributed by atoms with van der Waals surface area (Å²) < 4.78 is 37.7. The largest absolute Gasteiger partial charge is 0.340 e. The standard InChI is InChI=1S/C17H21FN4O3S/c1-12-15(17(20-19-12)13-3-5-14(18)6-4-13)11-16(23)21-7-9-22(10-8-21)26(2,24)25/h3-6H,7-11H2,1-2H3,(H,19,20). The highest BCUT2D eigenvalue weighted by Gasteiger charge is 2.27. The second kappa shape index (κ2) is 7.16. The summed E-state index contributed by atoms with van der Waals surface area (Å²) in [5, 5.41) is 7.14. The van der Waals surface area contributed by atoms with Crippen molar-refractivity contribution in [2.24, 2.45) is 0 Å². The number of benzene rings is 1. The van der Waals surface area contributed by atoms with Gasteiger partial charge < -0.3 is 4.90 Å². The van der Waals surface area contributed by atoms with Gasteiger partial charge in [0.25, 0.3) is 0 Å². The number of H-pyrrole nitrogens is 1. The lowest BCUT2D eigenvalue weighted by Crippen LogP contribution is -2.50. The Morgan fingerprint density at radius 1 is 1.19 bits per heavy atom. The van der Waals surface area contributed by atoms with Crippen molar-refractivity contribution in [2.45, 2.75) is 13.3 Å². The fourth-order valence-corrected chi connectivity index (χ4v) is 3.87. The lowest BCUT2D eigenvalue weighted by Gasteiger charge is -2.33. The topological polar surface area (TPSA) is 86.4 Å². The third-order valence-corrected chi connectivity index (χ3v) is 5.88. The molecule has 1 saturated heterocycles. The maximum absolute atomic E-state index is 13.1. The van der Waals surface area contributed by atoms with Gasteiger partial charge in [-0.3, -0.25) is 9.89 Å². The molecule has 26 heavy (non-hydrogen) atoms. The van der Waals surface area contributed by atoms with E-state index in [-0.39, 0.29) is 18.1 Å². The first-order valence-corrected chi connectivity index (χ1v) is 10.1. The number of hydrogen-bond donors (Lipinski definition) is 1. The molecule has 1 amide bonds. The smallest absolute Gasteiger partial charge is 0.227 e. The molecule has 140 valence electrons. The average molecular weight is 380 g/mol. The van der Waals surface area contributed by atoms with Gasteiger partial charge in [-0.25, -0.2) is 12.8 Å². The van der Waals surface area contributed by atoms with Gasteiger partial charge in [-0.05, 0) is 31.2 Å². The number of amides is 1. The molecule has 1 N–H and O–H groups in total. The van der Waals surface area contributed by atoms with Crippen LogP contribution in [0.5, 0.6) is 0 Å². The number of hydrogen-bond acceptors (Lipinski definition) is 4. The van der Waals surface area contributed by atoms with E-state index in [4.69, 9.17) is 0 Å². The molecule has 0 atom stereocenters. The van der Waals surface area contributed by atoms with Crippen LogP contribution >= 0.6 is 0 Å². The molecule has 1 aromatic heterocycles. The van der Waals surface area contributed by atoms with E-state index in [0.29, 0.717) is 31.9 Å². The molecule has 0 unspecified atom stereocenters. The van der Waals surface area contributed by atoms with Gasteiger partial charge in [0.15, 0.2) is 0 Å². The van der Waals surface area contributed by atoms with Crippen molar-refractivity contribution in [3.8, 4) is 11.3 Å². The van der Waals surface area contributed by atoms with E-state index in [1.54, 1.807) is 17.0 Å². The van der Waals surface area contributed by atoms with Crippen LogP contribution in [0.25, 0.3) is 11.3 Å². The van der Waals surface area contributed by atoms with Crippen LogP contribution in [0.1, 0.15) is 11.3 Å². The summed E-state index contributed by atoms with van der Waals surface area (Å²) in [6, 6.07) is 5.97.